The van der Waals surface area contributed by atoms with Crippen LogP contribution < -0.4 is 5.84 Å². The van der Waals surface area contributed by atoms with E-state index in [2.05, 4.69) is 0 Å². The average Bonchev–Trinajstić information content (AvgIpc) is 2.20. The predicted octanol–water partition coefficient (Wildman–Crippen LogP) is 1.89. The summed E-state index contributed by atoms with van der Waals surface area (Å²) in [7, 11) is 0. The quantitative estimate of drug-likeness (QED) is 0.537. The molecule has 2 heteroatoms. The molecule has 0 spiro atoms. The molecule has 12 heavy (non-hydrogen) atoms. The first-order chi connectivity index (χ1) is 5.81. The van der Waals surface area contributed by atoms with Gasteiger partial charge in [0.1, 0.15) is 0 Å². The van der Waals surface area contributed by atoms with E-state index >= 15 is 0 Å². The van der Waals surface area contributed by atoms with Crippen molar-refractivity contribution >= 4 is 0 Å². The SMILES string of the molecule is CCN(N)CC.c1ccccc1. The first kappa shape index (κ1) is 11.1. The monoisotopic (exact) mass is 166 g/mol. The number of benzene rings is 1. The van der Waals surface area contributed by atoms with Crippen LogP contribution in [0.2, 0.25) is 0 Å². The van der Waals surface area contributed by atoms with E-state index in [9.17, 15) is 0 Å². The van der Waals surface area contributed by atoms with E-state index in [0.717, 1.165) is 13.1 Å². The van der Waals surface area contributed by atoms with Gasteiger partial charge >= 0.3 is 0 Å². The fourth-order valence-electron chi connectivity index (χ4n) is 0.609. The molecule has 0 saturated heterocycles. The molecule has 2 nitrogen and oxygen atoms in total. The van der Waals surface area contributed by atoms with Crippen LogP contribution in [0.5, 0.6) is 0 Å². The Kier molecular flexibility index (Phi) is 7.65. The smallest absolute Gasteiger partial charge is 0.00996 e. The topological polar surface area (TPSA) is 29.3 Å². The Bertz CT molecular complexity index is 132. The summed E-state index contributed by atoms with van der Waals surface area (Å²) in [6.07, 6.45) is 0. The lowest BCUT2D eigenvalue weighted by molar-refractivity contribution is 0.316. The molecule has 0 aliphatic carbocycles. The molecule has 1 rings (SSSR count). The van der Waals surface area contributed by atoms with Gasteiger partial charge in [0.25, 0.3) is 0 Å². The summed E-state index contributed by atoms with van der Waals surface area (Å²) in [4.78, 5) is 0. The van der Waals surface area contributed by atoms with Gasteiger partial charge in [0.15, 0.2) is 0 Å². The van der Waals surface area contributed by atoms with Gasteiger partial charge in [-0.15, -0.1) is 0 Å². The van der Waals surface area contributed by atoms with E-state index in [1.807, 2.05) is 50.2 Å². The summed E-state index contributed by atoms with van der Waals surface area (Å²) in [6, 6.07) is 12.0. The summed E-state index contributed by atoms with van der Waals surface area (Å²) in [5.74, 6) is 5.31. The average molecular weight is 166 g/mol. The van der Waals surface area contributed by atoms with Crippen molar-refractivity contribution in [2.24, 2.45) is 5.84 Å². The fraction of sp³-hybridized carbons (Fsp3) is 0.400. The van der Waals surface area contributed by atoms with Crippen molar-refractivity contribution in [1.29, 1.82) is 0 Å². The van der Waals surface area contributed by atoms with Crippen molar-refractivity contribution in [1.82, 2.24) is 5.01 Å². The van der Waals surface area contributed by atoms with Crippen LogP contribution in [0.4, 0.5) is 0 Å². The van der Waals surface area contributed by atoms with E-state index in [-0.39, 0.29) is 0 Å². The first-order valence-electron chi connectivity index (χ1n) is 4.30. The van der Waals surface area contributed by atoms with Crippen LogP contribution >= 0.6 is 0 Å². The summed E-state index contributed by atoms with van der Waals surface area (Å²) in [5.41, 5.74) is 0. The lowest BCUT2D eigenvalue weighted by Crippen LogP contribution is -2.29. The third-order valence-electron chi connectivity index (χ3n) is 1.48. The Balaban J connectivity index is 0.000000202. The van der Waals surface area contributed by atoms with Gasteiger partial charge in [0, 0.05) is 13.1 Å². The number of nitrogens with two attached hydrogens (primary N) is 1. The molecule has 68 valence electrons. The van der Waals surface area contributed by atoms with Gasteiger partial charge in [-0.3, -0.25) is 5.84 Å². The van der Waals surface area contributed by atoms with E-state index in [0.29, 0.717) is 0 Å². The van der Waals surface area contributed by atoms with Crippen LogP contribution in [-0.4, -0.2) is 18.1 Å². The van der Waals surface area contributed by atoms with Crippen LogP contribution in [0.3, 0.4) is 0 Å². The fourth-order valence-corrected chi connectivity index (χ4v) is 0.609. The van der Waals surface area contributed by atoms with E-state index < -0.39 is 0 Å². The largest absolute Gasteiger partial charge is 0.269 e. The third kappa shape index (κ3) is 7.25. The van der Waals surface area contributed by atoms with Crippen LogP contribution in [0.1, 0.15) is 13.8 Å². The van der Waals surface area contributed by atoms with E-state index in [1.54, 1.807) is 5.01 Å². The number of hydrazine groups is 1. The normalized spacial score (nSPS) is 9.00. The van der Waals surface area contributed by atoms with E-state index in [1.165, 1.54) is 0 Å². The molecule has 0 radical (unpaired) electrons. The molecule has 0 unspecified atom stereocenters. The van der Waals surface area contributed by atoms with Crippen molar-refractivity contribution in [3.8, 4) is 0 Å². The Labute approximate surface area is 75.0 Å². The van der Waals surface area contributed by atoms with Crippen molar-refractivity contribution in [2.75, 3.05) is 13.1 Å². The van der Waals surface area contributed by atoms with Crippen molar-refractivity contribution in [3.63, 3.8) is 0 Å². The van der Waals surface area contributed by atoms with Gasteiger partial charge in [-0.2, -0.15) is 0 Å². The second-order valence-corrected chi connectivity index (χ2v) is 2.38. The Morgan fingerprint density at radius 1 is 0.833 bits per heavy atom. The van der Waals surface area contributed by atoms with E-state index in [4.69, 9.17) is 5.84 Å². The maximum Gasteiger partial charge on any atom is 0.00996 e. The molecule has 0 saturated carbocycles. The number of hydrogen-bond acceptors (Lipinski definition) is 2. The molecular formula is C10H18N2. The number of hydrogen-bond donors (Lipinski definition) is 1. The molecule has 2 N–H and O–H groups in total. The highest BCUT2D eigenvalue weighted by atomic mass is 15.4. The maximum absolute atomic E-state index is 5.31. The molecule has 1 aromatic rings. The molecule has 0 bridgehead atoms. The molecule has 0 aliphatic heterocycles. The Morgan fingerprint density at radius 2 is 1.08 bits per heavy atom. The lowest BCUT2D eigenvalue weighted by atomic mass is 10.4. The highest BCUT2D eigenvalue weighted by molar-refractivity contribution is 4.99. The zero-order valence-corrected chi connectivity index (χ0v) is 7.90. The summed E-state index contributed by atoms with van der Waals surface area (Å²) < 4.78 is 0. The predicted molar refractivity (Wildman–Crippen MR) is 53.6 cm³/mol. The van der Waals surface area contributed by atoms with Crippen LogP contribution in [0, 0.1) is 0 Å². The zero-order chi connectivity index (χ0) is 9.23. The Morgan fingerprint density at radius 3 is 1.17 bits per heavy atom. The lowest BCUT2D eigenvalue weighted by Gasteiger charge is -2.07. The van der Waals surface area contributed by atoms with Gasteiger partial charge < -0.3 is 0 Å². The van der Waals surface area contributed by atoms with Gasteiger partial charge in [0.05, 0.1) is 0 Å². The molecular weight excluding hydrogens is 148 g/mol. The van der Waals surface area contributed by atoms with Crippen molar-refractivity contribution in [2.45, 2.75) is 13.8 Å². The molecule has 0 aliphatic rings. The maximum atomic E-state index is 5.31. The highest BCUT2D eigenvalue weighted by Crippen LogP contribution is 1.79. The molecule has 0 aromatic heterocycles. The summed E-state index contributed by atoms with van der Waals surface area (Å²) in [5, 5.41) is 1.75. The van der Waals surface area contributed by atoms with Crippen LogP contribution in [0.25, 0.3) is 0 Å². The number of rotatable bonds is 2. The molecule has 0 heterocycles. The van der Waals surface area contributed by atoms with Crippen LogP contribution in [-0.2, 0) is 0 Å². The molecule has 0 amide bonds. The van der Waals surface area contributed by atoms with Gasteiger partial charge in [0.2, 0.25) is 0 Å². The van der Waals surface area contributed by atoms with Gasteiger partial charge in [-0.05, 0) is 0 Å². The third-order valence-corrected chi connectivity index (χ3v) is 1.48. The minimum atomic E-state index is 0.941. The molecule has 1 aromatic carbocycles. The Hall–Kier alpha value is -0.860. The second-order valence-electron chi connectivity index (χ2n) is 2.38. The standard InChI is InChI=1S/C6H6.C4H12N2/c1-2-4-6-5-3-1;1-3-6(5)4-2/h1-6H;3-5H2,1-2H3. The zero-order valence-electron chi connectivity index (χ0n) is 7.90. The summed E-state index contributed by atoms with van der Waals surface area (Å²) in [6.45, 7) is 5.94. The highest BCUT2D eigenvalue weighted by Gasteiger charge is 1.82. The van der Waals surface area contributed by atoms with Crippen molar-refractivity contribution < 1.29 is 0 Å². The van der Waals surface area contributed by atoms with Crippen LogP contribution in [0.15, 0.2) is 36.4 Å². The summed E-state index contributed by atoms with van der Waals surface area (Å²) >= 11 is 0. The van der Waals surface area contributed by atoms with Crippen molar-refractivity contribution in [3.05, 3.63) is 36.4 Å². The minimum Gasteiger partial charge on any atom is -0.269 e. The number of nitrogens with zero attached hydrogens (tertiary/aromatic N) is 1. The molecule has 0 fully saturated rings. The first-order valence-corrected chi connectivity index (χ1v) is 4.30. The van der Waals surface area contributed by atoms with Gasteiger partial charge in [-0.1, -0.05) is 50.2 Å². The molecule has 0 atom stereocenters. The second kappa shape index (κ2) is 8.24. The minimum absolute atomic E-state index is 0.941. The van der Waals surface area contributed by atoms with Gasteiger partial charge in [-0.25, -0.2) is 5.01 Å².